The van der Waals surface area contributed by atoms with Crippen molar-refractivity contribution >= 4 is 46.3 Å². The molecule has 0 radical (unpaired) electrons. The van der Waals surface area contributed by atoms with Crippen molar-refractivity contribution in [3.63, 3.8) is 0 Å². The molecule has 5 nitrogen and oxygen atoms in total. The van der Waals surface area contributed by atoms with E-state index in [1.807, 2.05) is 12.2 Å². The Hall–Kier alpha value is -2.39. The van der Waals surface area contributed by atoms with Gasteiger partial charge in [0.05, 0.1) is 22.7 Å². The van der Waals surface area contributed by atoms with Gasteiger partial charge in [0.15, 0.2) is 12.4 Å². The number of hydrogen-bond acceptors (Lipinski definition) is 5. The number of aryl methyl sites for hydroxylation is 2. The molecule has 0 aliphatic heterocycles. The lowest BCUT2D eigenvalue weighted by molar-refractivity contribution is -0.147. The number of esters is 1. The lowest BCUT2D eigenvalue weighted by Gasteiger charge is -2.15. The standard InChI is InChI=1S/C19H17ClF3NO4S/c1-10-8-12(11(2)29-10)15(25)6-7-17(27)28-9-16(26)24-18-13(19(21,22)23)4-3-5-14(18)20/h3-5,8H,6-7,9H2,1-2H3,(H,24,26). The van der Waals surface area contributed by atoms with E-state index in [0.717, 1.165) is 21.9 Å². The summed E-state index contributed by atoms with van der Waals surface area (Å²) < 4.78 is 43.8. The number of nitrogens with one attached hydrogen (secondary N) is 1. The summed E-state index contributed by atoms with van der Waals surface area (Å²) in [4.78, 5) is 37.6. The summed E-state index contributed by atoms with van der Waals surface area (Å²) in [5.74, 6) is -2.01. The molecule has 0 aliphatic carbocycles. The zero-order chi connectivity index (χ0) is 21.8. The van der Waals surface area contributed by atoms with Gasteiger partial charge in [-0.15, -0.1) is 11.3 Å². The van der Waals surface area contributed by atoms with Crippen molar-refractivity contribution < 1.29 is 32.3 Å². The predicted octanol–water partition coefficient (Wildman–Crippen LogP) is 5.18. The number of benzene rings is 1. The Morgan fingerprint density at radius 2 is 1.86 bits per heavy atom. The number of para-hydroxylation sites is 1. The summed E-state index contributed by atoms with van der Waals surface area (Å²) in [5, 5.41) is 1.71. The van der Waals surface area contributed by atoms with Gasteiger partial charge in [-0.2, -0.15) is 13.2 Å². The lowest BCUT2D eigenvalue weighted by Crippen LogP contribution is -2.23. The highest BCUT2D eigenvalue weighted by molar-refractivity contribution is 7.12. The van der Waals surface area contributed by atoms with Crippen LogP contribution in [0.1, 0.15) is 38.5 Å². The van der Waals surface area contributed by atoms with Gasteiger partial charge < -0.3 is 10.1 Å². The van der Waals surface area contributed by atoms with Crippen LogP contribution in [-0.4, -0.2) is 24.3 Å². The predicted molar refractivity (Wildman–Crippen MR) is 103 cm³/mol. The molecular formula is C19H17ClF3NO4S. The largest absolute Gasteiger partial charge is 0.456 e. The summed E-state index contributed by atoms with van der Waals surface area (Å²) in [5.41, 5.74) is -1.19. The molecule has 0 fully saturated rings. The molecule has 156 valence electrons. The van der Waals surface area contributed by atoms with Gasteiger partial charge in [-0.05, 0) is 32.0 Å². The Morgan fingerprint density at radius 3 is 2.45 bits per heavy atom. The normalized spacial score (nSPS) is 11.2. The number of halogens is 4. The molecular weight excluding hydrogens is 431 g/mol. The van der Waals surface area contributed by atoms with Crippen LogP contribution in [0.4, 0.5) is 18.9 Å². The number of anilines is 1. The fraction of sp³-hybridized carbons (Fsp3) is 0.316. The van der Waals surface area contributed by atoms with E-state index >= 15 is 0 Å². The van der Waals surface area contributed by atoms with E-state index in [1.165, 1.54) is 17.4 Å². The Labute approximate surface area is 173 Å². The molecule has 1 aromatic heterocycles. The van der Waals surface area contributed by atoms with E-state index in [4.69, 9.17) is 16.3 Å². The minimum absolute atomic E-state index is 0.0970. The quantitative estimate of drug-likeness (QED) is 0.468. The maximum absolute atomic E-state index is 13.0. The first-order valence-electron chi connectivity index (χ1n) is 8.40. The number of rotatable bonds is 7. The summed E-state index contributed by atoms with van der Waals surface area (Å²) in [6.45, 7) is 2.87. The third-order valence-corrected chi connectivity index (χ3v) is 5.13. The Balaban J connectivity index is 1.88. The number of carbonyl (C=O) groups excluding carboxylic acids is 3. The molecule has 10 heteroatoms. The van der Waals surface area contributed by atoms with Gasteiger partial charge in [0.2, 0.25) is 0 Å². The van der Waals surface area contributed by atoms with Crippen molar-refractivity contribution in [2.75, 3.05) is 11.9 Å². The maximum Gasteiger partial charge on any atom is 0.418 e. The first-order valence-corrected chi connectivity index (χ1v) is 9.60. The number of Topliss-reactive ketones (excluding diaryl/α,β-unsaturated/α-hetero) is 1. The summed E-state index contributed by atoms with van der Waals surface area (Å²) >= 11 is 7.21. The second-order valence-corrected chi connectivity index (χ2v) is 7.99. The Morgan fingerprint density at radius 1 is 1.17 bits per heavy atom. The minimum atomic E-state index is -4.72. The first kappa shape index (κ1) is 22.9. The van der Waals surface area contributed by atoms with Crippen LogP contribution >= 0.6 is 22.9 Å². The second kappa shape index (κ2) is 9.41. The average molecular weight is 448 g/mol. The number of hydrogen-bond donors (Lipinski definition) is 1. The average Bonchev–Trinajstić information content (AvgIpc) is 2.97. The molecule has 1 aromatic carbocycles. The Kier molecular flexibility index (Phi) is 7.43. The van der Waals surface area contributed by atoms with Crippen LogP contribution in [0.15, 0.2) is 24.3 Å². The van der Waals surface area contributed by atoms with Gasteiger partial charge in [-0.3, -0.25) is 14.4 Å². The Bertz CT molecular complexity index is 940. The molecule has 0 saturated carbocycles. The van der Waals surface area contributed by atoms with Gasteiger partial charge in [-0.25, -0.2) is 0 Å². The lowest BCUT2D eigenvalue weighted by atomic mass is 10.1. The molecule has 29 heavy (non-hydrogen) atoms. The molecule has 2 aromatic rings. The number of carbonyl (C=O) groups is 3. The molecule has 0 saturated heterocycles. The zero-order valence-corrected chi connectivity index (χ0v) is 17.1. The molecule has 2 rings (SSSR count). The van der Waals surface area contributed by atoms with E-state index < -0.39 is 35.9 Å². The molecule has 1 heterocycles. The summed E-state index contributed by atoms with van der Waals surface area (Å²) in [7, 11) is 0. The number of thiophene rings is 1. The second-order valence-electron chi connectivity index (χ2n) is 6.12. The zero-order valence-electron chi connectivity index (χ0n) is 15.5. The highest BCUT2D eigenvalue weighted by Crippen LogP contribution is 2.38. The van der Waals surface area contributed by atoms with Crippen LogP contribution in [0.25, 0.3) is 0 Å². The van der Waals surface area contributed by atoms with Crippen LogP contribution in [0.2, 0.25) is 5.02 Å². The molecule has 0 bridgehead atoms. The smallest absolute Gasteiger partial charge is 0.418 e. The van der Waals surface area contributed by atoms with Crippen LogP contribution in [0.5, 0.6) is 0 Å². The number of amides is 1. The van der Waals surface area contributed by atoms with Crippen molar-refractivity contribution in [2.45, 2.75) is 32.9 Å². The van der Waals surface area contributed by atoms with E-state index in [-0.39, 0.29) is 23.6 Å². The summed E-state index contributed by atoms with van der Waals surface area (Å²) in [6, 6.07) is 4.81. The van der Waals surface area contributed by atoms with Gasteiger partial charge >= 0.3 is 12.1 Å². The monoisotopic (exact) mass is 447 g/mol. The van der Waals surface area contributed by atoms with Crippen LogP contribution in [0.3, 0.4) is 0 Å². The highest BCUT2D eigenvalue weighted by atomic mass is 35.5. The van der Waals surface area contributed by atoms with Gasteiger partial charge in [0.1, 0.15) is 0 Å². The van der Waals surface area contributed by atoms with Crippen LogP contribution < -0.4 is 5.32 Å². The maximum atomic E-state index is 13.0. The van der Waals surface area contributed by atoms with E-state index in [2.05, 4.69) is 0 Å². The van der Waals surface area contributed by atoms with Crippen molar-refractivity contribution in [2.24, 2.45) is 0 Å². The number of ether oxygens (including phenoxy) is 1. The molecule has 0 aliphatic rings. The molecule has 0 atom stereocenters. The minimum Gasteiger partial charge on any atom is -0.456 e. The van der Waals surface area contributed by atoms with Crippen LogP contribution in [-0.2, 0) is 20.5 Å². The SMILES string of the molecule is Cc1cc(C(=O)CCC(=O)OCC(=O)Nc2c(Cl)cccc2C(F)(F)F)c(C)s1. The fourth-order valence-corrected chi connectivity index (χ4v) is 3.70. The van der Waals surface area contributed by atoms with E-state index in [9.17, 15) is 27.6 Å². The highest BCUT2D eigenvalue weighted by Gasteiger charge is 2.34. The third kappa shape index (κ3) is 6.30. The first-order chi connectivity index (χ1) is 13.5. The summed E-state index contributed by atoms with van der Waals surface area (Å²) in [6.07, 6.45) is -5.07. The van der Waals surface area contributed by atoms with Crippen molar-refractivity contribution in [3.8, 4) is 0 Å². The molecule has 0 unspecified atom stereocenters. The van der Waals surface area contributed by atoms with E-state index in [1.54, 1.807) is 13.0 Å². The van der Waals surface area contributed by atoms with Crippen molar-refractivity contribution in [1.29, 1.82) is 0 Å². The van der Waals surface area contributed by atoms with Gasteiger partial charge in [-0.1, -0.05) is 17.7 Å². The fourth-order valence-electron chi connectivity index (χ4n) is 2.54. The number of ketones is 1. The van der Waals surface area contributed by atoms with Gasteiger partial charge in [0, 0.05) is 21.7 Å². The van der Waals surface area contributed by atoms with Crippen LogP contribution in [0, 0.1) is 13.8 Å². The van der Waals surface area contributed by atoms with E-state index in [0.29, 0.717) is 5.56 Å². The van der Waals surface area contributed by atoms with Gasteiger partial charge in [0.25, 0.3) is 5.91 Å². The molecule has 0 spiro atoms. The topological polar surface area (TPSA) is 72.5 Å². The molecule has 1 N–H and O–H groups in total. The van der Waals surface area contributed by atoms with Crippen molar-refractivity contribution in [3.05, 3.63) is 50.2 Å². The van der Waals surface area contributed by atoms with Crippen molar-refractivity contribution in [1.82, 2.24) is 0 Å². The number of alkyl halides is 3. The third-order valence-electron chi connectivity index (χ3n) is 3.85. The molecule has 1 amide bonds.